The second-order valence-electron chi connectivity index (χ2n) is 2.58. The van der Waals surface area contributed by atoms with Crippen molar-refractivity contribution in [2.45, 2.75) is 6.92 Å². The van der Waals surface area contributed by atoms with E-state index in [0.29, 0.717) is 5.76 Å². The molecule has 1 rings (SSSR count). The molecular weight excluding hydrogens is 361 g/mol. The van der Waals surface area contributed by atoms with Gasteiger partial charge in [0.15, 0.2) is 0 Å². The van der Waals surface area contributed by atoms with Gasteiger partial charge in [0, 0.05) is 0 Å². The van der Waals surface area contributed by atoms with Gasteiger partial charge in [-0.1, -0.05) is 0 Å². The number of allylic oxidation sites excluding steroid dienone is 1. The van der Waals surface area contributed by atoms with E-state index in [1.807, 2.05) is 30.3 Å². The molecule has 2 nitrogen and oxygen atoms in total. The Morgan fingerprint density at radius 2 is 2.00 bits per heavy atom. The molecule has 0 N–H and O–H groups in total. The summed E-state index contributed by atoms with van der Waals surface area (Å²) in [5.74, 6) is 0.659. The molecule has 1 aromatic rings. The normalized spacial score (nSPS) is 11.1. The van der Waals surface area contributed by atoms with E-state index in [1.165, 1.54) is 13.0 Å². The molecule has 0 aliphatic heterocycles. The molecule has 0 aliphatic rings. The number of ketones is 1. The zero-order chi connectivity index (χ0) is 9.68. The Labute approximate surface area is 93.1 Å². The first-order valence-corrected chi connectivity index (χ1v) is 5.25. The Hall–Kier alpha value is -0.687. The molecule has 0 spiro atoms. The van der Waals surface area contributed by atoms with Crippen LogP contribution in [-0.4, -0.2) is 30.9 Å². The third kappa shape index (κ3) is 3.27. The van der Waals surface area contributed by atoms with Gasteiger partial charge in [-0.15, -0.1) is 0 Å². The van der Waals surface area contributed by atoms with Gasteiger partial charge in [0.05, 0.1) is 0 Å². The second kappa shape index (κ2) is 5.13. The molecule has 0 aliphatic carbocycles. The number of benzene rings is 1. The van der Waals surface area contributed by atoms with E-state index in [4.69, 9.17) is 2.81 Å². The van der Waals surface area contributed by atoms with Crippen molar-refractivity contribution in [1.82, 2.24) is 0 Å². The maximum atomic E-state index is 10.8. The molecule has 0 saturated heterocycles. The van der Waals surface area contributed by atoms with Gasteiger partial charge in [-0.25, -0.2) is 0 Å². The van der Waals surface area contributed by atoms with E-state index in [0.717, 1.165) is 30.7 Å². The number of rotatable bonds is 3. The van der Waals surface area contributed by atoms with Crippen LogP contribution in [-0.2, 0) is 7.61 Å². The number of carbonyl (C=O) groups excluding carboxylic acids is 1. The third-order valence-electron chi connectivity index (χ3n) is 1.49. The average Bonchev–Trinajstić information content (AvgIpc) is 2.15. The fraction of sp³-hybridized carbons (Fsp3) is 0.100. The SMILES string of the molecule is CC(=O)/C=C(/[O][Bi])c1ccccc1. The summed E-state index contributed by atoms with van der Waals surface area (Å²) >= 11 is 0.785. The van der Waals surface area contributed by atoms with Crippen LogP contribution in [0.5, 0.6) is 0 Å². The van der Waals surface area contributed by atoms with E-state index < -0.39 is 0 Å². The standard InChI is InChI=1S/C10H10O2.Bi/c1-8(11)7-10(12)9-5-3-2-4-6-9;/h2-7,12H,1H3;/q;+1/p-1/b10-7+;. The zero-order valence-corrected chi connectivity index (χ0v) is 10.7. The molecular formula is C10H9BiO2. The van der Waals surface area contributed by atoms with Crippen molar-refractivity contribution in [3.05, 3.63) is 42.0 Å². The fourth-order valence-electron chi connectivity index (χ4n) is 0.949. The van der Waals surface area contributed by atoms with Gasteiger partial charge < -0.3 is 0 Å². The van der Waals surface area contributed by atoms with Gasteiger partial charge in [0.25, 0.3) is 0 Å². The van der Waals surface area contributed by atoms with Gasteiger partial charge in [0.1, 0.15) is 0 Å². The molecule has 66 valence electrons. The molecule has 0 saturated carbocycles. The molecule has 0 aromatic heterocycles. The minimum absolute atomic E-state index is 0.00454. The summed E-state index contributed by atoms with van der Waals surface area (Å²) in [7, 11) is 0. The first kappa shape index (κ1) is 10.4. The van der Waals surface area contributed by atoms with Crippen LogP contribution in [0.3, 0.4) is 0 Å². The molecule has 0 heterocycles. The first-order valence-electron chi connectivity index (χ1n) is 3.83. The molecule has 2 radical (unpaired) electrons. The Kier molecular flexibility index (Phi) is 4.10. The molecule has 1 aromatic carbocycles. The van der Waals surface area contributed by atoms with Crippen molar-refractivity contribution in [3.63, 3.8) is 0 Å². The summed E-state index contributed by atoms with van der Waals surface area (Å²) in [5.41, 5.74) is 0.945. The predicted octanol–water partition coefficient (Wildman–Crippen LogP) is 1.72. The topological polar surface area (TPSA) is 26.3 Å². The van der Waals surface area contributed by atoms with E-state index in [9.17, 15) is 4.79 Å². The third-order valence-corrected chi connectivity index (χ3v) is 2.26. The Bertz CT molecular complexity index is 317. The molecule has 0 amide bonds. The molecule has 0 fully saturated rings. The number of carbonyl (C=O) groups is 1. The summed E-state index contributed by atoms with van der Waals surface area (Å²) in [6, 6.07) is 9.60. The molecule has 0 bridgehead atoms. The molecule has 13 heavy (non-hydrogen) atoms. The van der Waals surface area contributed by atoms with Crippen molar-refractivity contribution >= 4 is 36.7 Å². The van der Waals surface area contributed by atoms with Gasteiger partial charge in [-0.2, -0.15) is 0 Å². The van der Waals surface area contributed by atoms with Crippen LogP contribution in [0.4, 0.5) is 0 Å². The van der Waals surface area contributed by atoms with Gasteiger partial charge in [-0.3, -0.25) is 0 Å². The van der Waals surface area contributed by atoms with E-state index >= 15 is 0 Å². The predicted molar refractivity (Wildman–Crippen MR) is 51.9 cm³/mol. The first-order chi connectivity index (χ1) is 6.24. The monoisotopic (exact) mass is 370 g/mol. The van der Waals surface area contributed by atoms with Crippen LogP contribution in [0, 0.1) is 0 Å². The number of hydrogen-bond acceptors (Lipinski definition) is 2. The van der Waals surface area contributed by atoms with Gasteiger partial charge >= 0.3 is 93.2 Å². The van der Waals surface area contributed by atoms with E-state index in [-0.39, 0.29) is 5.78 Å². The molecule has 3 heteroatoms. The van der Waals surface area contributed by atoms with Crippen LogP contribution in [0.25, 0.3) is 5.76 Å². The summed E-state index contributed by atoms with van der Waals surface area (Å²) < 4.78 is 5.20. The van der Waals surface area contributed by atoms with Crippen LogP contribution < -0.4 is 0 Å². The van der Waals surface area contributed by atoms with E-state index in [2.05, 4.69) is 0 Å². The summed E-state index contributed by atoms with van der Waals surface area (Å²) in [6.45, 7) is 1.51. The van der Waals surface area contributed by atoms with Crippen LogP contribution in [0.1, 0.15) is 12.5 Å². The Morgan fingerprint density at radius 3 is 2.46 bits per heavy atom. The van der Waals surface area contributed by atoms with Crippen molar-refractivity contribution in [2.24, 2.45) is 0 Å². The van der Waals surface area contributed by atoms with Crippen molar-refractivity contribution in [1.29, 1.82) is 0 Å². The van der Waals surface area contributed by atoms with Crippen molar-refractivity contribution in [2.75, 3.05) is 0 Å². The van der Waals surface area contributed by atoms with Gasteiger partial charge in [0.2, 0.25) is 0 Å². The summed E-state index contributed by atoms with van der Waals surface area (Å²) in [4.78, 5) is 10.8. The van der Waals surface area contributed by atoms with Gasteiger partial charge in [-0.05, 0) is 0 Å². The average molecular weight is 370 g/mol. The second-order valence-corrected chi connectivity index (χ2v) is 3.29. The summed E-state index contributed by atoms with van der Waals surface area (Å²) in [6.07, 6.45) is 1.51. The minimum atomic E-state index is 0.00454. The zero-order valence-electron chi connectivity index (χ0n) is 7.23. The Balaban J connectivity index is 2.98. The van der Waals surface area contributed by atoms with E-state index in [1.54, 1.807) is 0 Å². The quantitative estimate of drug-likeness (QED) is 0.460. The Morgan fingerprint density at radius 1 is 1.38 bits per heavy atom. The molecule has 0 atom stereocenters. The van der Waals surface area contributed by atoms with Crippen LogP contribution >= 0.6 is 0 Å². The fourth-order valence-corrected chi connectivity index (χ4v) is 1.56. The van der Waals surface area contributed by atoms with Crippen LogP contribution in [0.2, 0.25) is 0 Å². The van der Waals surface area contributed by atoms with Crippen LogP contribution in [0.15, 0.2) is 36.4 Å². The van der Waals surface area contributed by atoms with Crippen molar-refractivity contribution in [3.8, 4) is 0 Å². The number of hydrogen-bond donors (Lipinski definition) is 0. The van der Waals surface area contributed by atoms with Crippen molar-refractivity contribution < 1.29 is 7.61 Å². The summed E-state index contributed by atoms with van der Waals surface area (Å²) in [5, 5.41) is 0. The maximum absolute atomic E-state index is 10.8. The molecule has 0 unspecified atom stereocenters.